The molecule has 0 bridgehead atoms. The van der Waals surface area contributed by atoms with E-state index in [1.807, 2.05) is 0 Å². The van der Waals surface area contributed by atoms with E-state index in [0.717, 1.165) is 0 Å². The van der Waals surface area contributed by atoms with Gasteiger partial charge in [-0.1, -0.05) is 207 Å². The monoisotopic (exact) mass is 1100 g/mol. The van der Waals surface area contributed by atoms with E-state index >= 15 is 0 Å². The van der Waals surface area contributed by atoms with E-state index in [-0.39, 0.29) is 4.83 Å². The zero-order valence-corrected chi connectivity index (χ0v) is 28.6. The minimum atomic E-state index is -0.731. The molecule has 0 spiro atoms. The minimum absolute atomic E-state index is 0.198. The van der Waals surface area contributed by atoms with E-state index in [2.05, 4.69) is 207 Å². The van der Waals surface area contributed by atoms with Gasteiger partial charge in [-0.05, 0) is 0 Å². The van der Waals surface area contributed by atoms with Gasteiger partial charge in [-0.15, -0.1) is 0 Å². The van der Waals surface area contributed by atoms with Crippen molar-refractivity contribution < 1.29 is 0 Å². The van der Waals surface area contributed by atoms with Crippen LogP contribution >= 0.6 is 207 Å². The van der Waals surface area contributed by atoms with Crippen molar-refractivity contribution in [1.82, 2.24) is 0 Å². The highest BCUT2D eigenvalue weighted by Crippen LogP contribution is 2.71. The van der Waals surface area contributed by atoms with E-state index in [1.54, 1.807) is 0 Å². The van der Waals surface area contributed by atoms with Crippen LogP contribution in [0.2, 0.25) is 0 Å². The van der Waals surface area contributed by atoms with Gasteiger partial charge in [0.2, 0.25) is 0 Å². The molecule has 0 nitrogen and oxygen atoms in total. The fraction of sp³-hybridized carbons (Fsp3) is 1.00. The van der Waals surface area contributed by atoms with Gasteiger partial charge < -0.3 is 0 Å². The Morgan fingerprint density at radius 2 is 0.842 bits per heavy atom. The van der Waals surface area contributed by atoms with E-state index in [0.29, 0.717) is 0 Å². The van der Waals surface area contributed by atoms with Gasteiger partial charge in [-0.2, -0.15) is 0 Å². The van der Waals surface area contributed by atoms with Crippen LogP contribution in [0.25, 0.3) is 0 Å². The molecule has 2 atom stereocenters. The summed E-state index contributed by atoms with van der Waals surface area (Å²) < 4.78 is -3.38. The number of rotatable bonds is 2. The normalized spacial score (nSPS) is 20.1. The van der Waals surface area contributed by atoms with Crippen molar-refractivity contribution in [3.63, 3.8) is 0 Å². The SMILES string of the molecule is BrC(C(Br)(Br)Br)C(Br)(C(Br)(Br)Br)C(Br)(Br)C(Br)(Br)Br. The topological polar surface area (TPSA) is 0 Å². The molecule has 0 aromatic heterocycles. The van der Waals surface area contributed by atoms with Gasteiger partial charge >= 0.3 is 0 Å². The number of alkyl halides is 13. The second kappa shape index (κ2) is 8.50. The molecule has 0 saturated heterocycles. The standard InChI is InChI=1S/C6HBr13/c7-1(3(9,10)11)2(8,5(14,15)16)4(12,13)6(17,18)19/h1H. The quantitative estimate of drug-likeness (QED) is 0.242. The highest BCUT2D eigenvalue weighted by atomic mass is 80.0. The molecule has 0 amide bonds. The molecule has 0 aromatic carbocycles. The van der Waals surface area contributed by atoms with Crippen molar-refractivity contribution >= 4 is 207 Å². The second-order valence-electron chi connectivity index (χ2n) is 3.19. The molecule has 0 aliphatic carbocycles. The molecule has 0 aromatic rings. The highest BCUT2D eigenvalue weighted by Gasteiger charge is 2.70. The molecular formula is C6HBr13. The first-order valence-electron chi connectivity index (χ1n) is 3.81. The summed E-state index contributed by atoms with van der Waals surface area (Å²) >= 11 is 46.9. The molecule has 0 radical (unpaired) electrons. The van der Waals surface area contributed by atoms with Crippen molar-refractivity contribution in [2.45, 2.75) is 18.8 Å². The molecule has 0 rings (SSSR count). The van der Waals surface area contributed by atoms with Crippen LogP contribution in [0.5, 0.6) is 0 Å². The molecule has 19 heavy (non-hydrogen) atoms. The van der Waals surface area contributed by atoms with Crippen molar-refractivity contribution in [1.29, 1.82) is 0 Å². The Hall–Kier alpha value is 6.24. The third-order valence-electron chi connectivity index (χ3n) is 1.86. The molecule has 0 heterocycles. The summed E-state index contributed by atoms with van der Waals surface area (Å²) in [4.78, 5) is -0.198. The van der Waals surface area contributed by atoms with Crippen molar-refractivity contribution in [3.05, 3.63) is 0 Å². The maximum Gasteiger partial charge on any atom is 0.161 e. The Labute approximate surface area is 221 Å². The average molecular weight is 1110 g/mol. The summed E-state index contributed by atoms with van der Waals surface area (Å²) in [6, 6.07) is 0. The molecule has 116 valence electrons. The summed E-state index contributed by atoms with van der Waals surface area (Å²) in [6.07, 6.45) is 0. The van der Waals surface area contributed by atoms with Gasteiger partial charge in [0.1, 0.15) is 9.70 Å². The summed E-state index contributed by atoms with van der Waals surface area (Å²) in [5.74, 6) is 0. The van der Waals surface area contributed by atoms with Crippen LogP contribution in [-0.2, 0) is 0 Å². The van der Waals surface area contributed by atoms with Gasteiger partial charge in [-0.25, -0.2) is 0 Å². The average Bonchev–Trinajstić information content (AvgIpc) is 2.09. The van der Waals surface area contributed by atoms with Crippen molar-refractivity contribution in [2.24, 2.45) is 0 Å². The fourth-order valence-corrected chi connectivity index (χ4v) is 11.7. The number of halogens is 13. The Morgan fingerprint density at radius 1 is 0.526 bits per heavy atom. The molecule has 13 heteroatoms. The highest BCUT2D eigenvalue weighted by molar-refractivity contribution is 9.42. The van der Waals surface area contributed by atoms with Gasteiger partial charge in [0.25, 0.3) is 0 Å². The zero-order chi connectivity index (χ0) is 16.1. The van der Waals surface area contributed by atoms with Crippen LogP contribution in [0.4, 0.5) is 0 Å². The molecule has 0 aliphatic rings. The van der Waals surface area contributed by atoms with Crippen molar-refractivity contribution in [2.75, 3.05) is 0 Å². The Morgan fingerprint density at radius 3 is 1.00 bits per heavy atom. The summed E-state index contributed by atoms with van der Waals surface area (Å²) in [7, 11) is 0. The molecule has 0 N–H and O–H groups in total. The van der Waals surface area contributed by atoms with Crippen LogP contribution in [0.15, 0.2) is 0 Å². The summed E-state index contributed by atoms with van der Waals surface area (Å²) in [6.45, 7) is 0. The molecule has 2 unspecified atom stereocenters. The lowest BCUT2D eigenvalue weighted by atomic mass is 10.1. The van der Waals surface area contributed by atoms with E-state index in [9.17, 15) is 0 Å². The van der Waals surface area contributed by atoms with Crippen molar-refractivity contribution in [3.8, 4) is 0 Å². The maximum atomic E-state index is 3.80. The third-order valence-corrected chi connectivity index (χ3v) is 20.7. The minimum Gasteiger partial charge on any atom is -0.0839 e. The zero-order valence-electron chi connectivity index (χ0n) is 7.99. The molecule has 0 saturated carbocycles. The van der Waals surface area contributed by atoms with Gasteiger partial charge in [-0.3, -0.25) is 0 Å². The predicted octanol–water partition coefficient (Wildman–Crippen LogP) is 9.89. The van der Waals surface area contributed by atoms with Crippen LogP contribution < -0.4 is 0 Å². The molecule has 0 fully saturated rings. The first kappa shape index (κ1) is 25.2. The smallest absolute Gasteiger partial charge is 0.0839 e. The van der Waals surface area contributed by atoms with Crippen LogP contribution in [-0.4, -0.2) is 18.8 Å². The molecular weight excluding hydrogens is 1110 g/mol. The first-order valence-corrected chi connectivity index (χ1v) is 14.2. The van der Waals surface area contributed by atoms with Crippen LogP contribution in [0.3, 0.4) is 0 Å². The maximum absolute atomic E-state index is 3.80. The number of hydrogen-bond donors (Lipinski definition) is 0. The van der Waals surface area contributed by atoms with E-state index < -0.39 is 14.0 Å². The lowest BCUT2D eigenvalue weighted by Crippen LogP contribution is -2.63. The Kier molecular flexibility index (Phi) is 11.3. The largest absolute Gasteiger partial charge is 0.161 e. The Bertz CT molecular complexity index is 317. The molecule has 0 aliphatic heterocycles. The first-order chi connectivity index (χ1) is 7.90. The lowest BCUT2D eigenvalue weighted by Gasteiger charge is -2.52. The summed E-state index contributed by atoms with van der Waals surface area (Å²) in [5.41, 5.74) is 0. The predicted molar refractivity (Wildman–Crippen MR) is 133 cm³/mol. The van der Waals surface area contributed by atoms with E-state index in [4.69, 9.17) is 0 Å². The fourth-order valence-electron chi connectivity index (χ4n) is 0.913. The van der Waals surface area contributed by atoms with Gasteiger partial charge in [0.05, 0.1) is 4.83 Å². The van der Waals surface area contributed by atoms with Gasteiger partial charge in [0.15, 0.2) is 4.29 Å². The lowest BCUT2D eigenvalue weighted by molar-refractivity contribution is 0.601. The number of hydrogen-bond acceptors (Lipinski definition) is 0. The Balaban J connectivity index is 6.14. The van der Waals surface area contributed by atoms with Crippen LogP contribution in [0, 0.1) is 0 Å². The third kappa shape index (κ3) is 5.86. The van der Waals surface area contributed by atoms with E-state index in [1.165, 1.54) is 0 Å². The summed E-state index contributed by atoms with van der Waals surface area (Å²) in [5, 5.41) is 0. The van der Waals surface area contributed by atoms with Crippen LogP contribution in [0.1, 0.15) is 0 Å². The van der Waals surface area contributed by atoms with Gasteiger partial charge in [0, 0.05) is 0 Å². The second-order valence-corrected chi connectivity index (χ2v) is 29.3.